The maximum absolute atomic E-state index is 5.47. The minimum absolute atomic E-state index is 0.720. The van der Waals surface area contributed by atoms with Gasteiger partial charge >= 0.3 is 0 Å². The second-order valence-corrected chi connectivity index (χ2v) is 4.88. The van der Waals surface area contributed by atoms with Gasteiger partial charge in [0, 0.05) is 6.04 Å². The monoisotopic (exact) mass is 218 g/mol. The van der Waals surface area contributed by atoms with Crippen molar-refractivity contribution in [1.82, 2.24) is 5.32 Å². The van der Waals surface area contributed by atoms with Gasteiger partial charge in [0.25, 0.3) is 0 Å². The molecule has 1 aliphatic rings. The maximum atomic E-state index is 5.47. The van der Waals surface area contributed by atoms with E-state index in [1.165, 1.54) is 24.0 Å². The molecule has 1 fully saturated rings. The lowest BCUT2D eigenvalue weighted by Crippen LogP contribution is -2.40. The van der Waals surface area contributed by atoms with Gasteiger partial charge < -0.3 is 11.1 Å². The van der Waals surface area contributed by atoms with Crippen LogP contribution in [0.5, 0.6) is 0 Å². The molecule has 0 saturated heterocycles. The zero-order valence-corrected chi connectivity index (χ0v) is 10.1. The average Bonchev–Trinajstić information content (AvgIpc) is 2.21. The normalized spacial score (nSPS) is 24.1. The summed E-state index contributed by atoms with van der Waals surface area (Å²) < 4.78 is 0. The number of benzene rings is 1. The zero-order valence-electron chi connectivity index (χ0n) is 10.1. The van der Waals surface area contributed by atoms with Crippen molar-refractivity contribution in [3.8, 4) is 0 Å². The number of hydrogen-bond donors (Lipinski definition) is 2. The summed E-state index contributed by atoms with van der Waals surface area (Å²) in [4.78, 5) is 0. The molecule has 1 saturated carbocycles. The van der Waals surface area contributed by atoms with E-state index >= 15 is 0 Å². The molecule has 1 aromatic rings. The Morgan fingerprint density at radius 3 is 2.88 bits per heavy atom. The molecule has 0 spiro atoms. The Balaban J connectivity index is 1.75. The van der Waals surface area contributed by atoms with E-state index in [-0.39, 0.29) is 0 Å². The number of rotatable bonds is 5. The van der Waals surface area contributed by atoms with Crippen molar-refractivity contribution in [2.24, 2.45) is 5.73 Å². The van der Waals surface area contributed by atoms with E-state index in [0.29, 0.717) is 0 Å². The molecule has 0 amide bonds. The molecule has 0 bridgehead atoms. The highest BCUT2D eigenvalue weighted by Crippen LogP contribution is 2.36. The second kappa shape index (κ2) is 5.46. The van der Waals surface area contributed by atoms with E-state index in [0.717, 1.165) is 31.5 Å². The third-order valence-corrected chi connectivity index (χ3v) is 3.47. The lowest BCUT2D eigenvalue weighted by Gasteiger charge is -2.36. The SMILES string of the molecule is Cc1cccc(C2CC(NCCCN)C2)c1. The van der Waals surface area contributed by atoms with Gasteiger partial charge in [0.1, 0.15) is 0 Å². The third kappa shape index (κ3) is 2.83. The summed E-state index contributed by atoms with van der Waals surface area (Å²) in [6, 6.07) is 9.63. The average molecular weight is 218 g/mol. The van der Waals surface area contributed by atoms with Crippen LogP contribution in [0.15, 0.2) is 24.3 Å². The van der Waals surface area contributed by atoms with Crippen LogP contribution in [0.4, 0.5) is 0 Å². The highest BCUT2D eigenvalue weighted by Gasteiger charge is 2.29. The van der Waals surface area contributed by atoms with E-state index in [1.54, 1.807) is 0 Å². The van der Waals surface area contributed by atoms with E-state index in [4.69, 9.17) is 5.73 Å². The molecule has 0 aliphatic heterocycles. The third-order valence-electron chi connectivity index (χ3n) is 3.47. The van der Waals surface area contributed by atoms with Crippen LogP contribution in [-0.2, 0) is 0 Å². The van der Waals surface area contributed by atoms with Gasteiger partial charge in [0.05, 0.1) is 0 Å². The minimum atomic E-state index is 0.720. The molecule has 2 rings (SSSR count). The predicted molar refractivity (Wildman–Crippen MR) is 68.6 cm³/mol. The molecule has 1 aromatic carbocycles. The molecule has 0 unspecified atom stereocenters. The Morgan fingerprint density at radius 2 is 2.19 bits per heavy atom. The second-order valence-electron chi connectivity index (χ2n) is 4.88. The summed E-state index contributed by atoms with van der Waals surface area (Å²) in [5.74, 6) is 0.773. The molecule has 2 heteroatoms. The van der Waals surface area contributed by atoms with Gasteiger partial charge in [-0.15, -0.1) is 0 Å². The molecule has 2 nitrogen and oxygen atoms in total. The number of aryl methyl sites for hydroxylation is 1. The fourth-order valence-corrected chi connectivity index (χ4v) is 2.39. The number of nitrogens with two attached hydrogens (primary N) is 1. The smallest absolute Gasteiger partial charge is 0.00787 e. The van der Waals surface area contributed by atoms with Crippen molar-refractivity contribution in [3.05, 3.63) is 35.4 Å². The molecule has 0 heterocycles. The molecule has 88 valence electrons. The van der Waals surface area contributed by atoms with Crippen LogP contribution in [0, 0.1) is 6.92 Å². The summed E-state index contributed by atoms with van der Waals surface area (Å²) in [5.41, 5.74) is 8.35. The molecule has 0 aromatic heterocycles. The van der Waals surface area contributed by atoms with Gasteiger partial charge in [-0.2, -0.15) is 0 Å². The summed E-state index contributed by atoms with van der Waals surface area (Å²) >= 11 is 0. The topological polar surface area (TPSA) is 38.0 Å². The first kappa shape index (κ1) is 11.6. The van der Waals surface area contributed by atoms with Crippen LogP contribution in [-0.4, -0.2) is 19.1 Å². The van der Waals surface area contributed by atoms with Crippen molar-refractivity contribution in [2.75, 3.05) is 13.1 Å². The van der Waals surface area contributed by atoms with Crippen molar-refractivity contribution < 1.29 is 0 Å². The van der Waals surface area contributed by atoms with Crippen molar-refractivity contribution in [2.45, 2.75) is 38.1 Å². The summed E-state index contributed by atoms with van der Waals surface area (Å²) in [6.07, 6.45) is 3.66. The molecule has 0 radical (unpaired) electrons. The van der Waals surface area contributed by atoms with Crippen molar-refractivity contribution >= 4 is 0 Å². The molecule has 0 atom stereocenters. The van der Waals surface area contributed by atoms with Gasteiger partial charge in [0.15, 0.2) is 0 Å². The quantitative estimate of drug-likeness (QED) is 0.743. The zero-order chi connectivity index (χ0) is 11.4. The molecule has 16 heavy (non-hydrogen) atoms. The van der Waals surface area contributed by atoms with Crippen molar-refractivity contribution in [1.29, 1.82) is 0 Å². The Morgan fingerprint density at radius 1 is 1.38 bits per heavy atom. The van der Waals surface area contributed by atoms with Gasteiger partial charge in [0.2, 0.25) is 0 Å². The van der Waals surface area contributed by atoms with Crippen LogP contribution in [0.25, 0.3) is 0 Å². The van der Waals surface area contributed by atoms with Gasteiger partial charge in [-0.1, -0.05) is 29.8 Å². The molecule has 3 N–H and O–H groups in total. The van der Waals surface area contributed by atoms with E-state index in [2.05, 4.69) is 36.5 Å². The standard InChI is InChI=1S/C14H22N2/c1-11-4-2-5-12(8-11)13-9-14(10-13)16-7-3-6-15/h2,4-5,8,13-14,16H,3,6-7,9-10,15H2,1H3. The number of nitrogens with one attached hydrogen (secondary N) is 1. The first-order chi connectivity index (χ1) is 7.79. The minimum Gasteiger partial charge on any atom is -0.330 e. The fourth-order valence-electron chi connectivity index (χ4n) is 2.39. The van der Waals surface area contributed by atoms with Crippen LogP contribution in [0.1, 0.15) is 36.3 Å². The molecular weight excluding hydrogens is 196 g/mol. The lowest BCUT2D eigenvalue weighted by atomic mass is 9.75. The van der Waals surface area contributed by atoms with Crippen LogP contribution >= 0.6 is 0 Å². The van der Waals surface area contributed by atoms with E-state index < -0.39 is 0 Å². The Hall–Kier alpha value is -0.860. The Kier molecular flexibility index (Phi) is 3.97. The molecule has 1 aliphatic carbocycles. The van der Waals surface area contributed by atoms with Crippen LogP contribution in [0.3, 0.4) is 0 Å². The fraction of sp³-hybridized carbons (Fsp3) is 0.571. The Bertz CT molecular complexity index is 329. The predicted octanol–water partition coefficient (Wildman–Crippen LogP) is 2.18. The Labute approximate surface area is 98.2 Å². The summed E-state index contributed by atoms with van der Waals surface area (Å²) in [6.45, 7) is 4.03. The number of hydrogen-bond acceptors (Lipinski definition) is 2. The largest absolute Gasteiger partial charge is 0.330 e. The molecular formula is C14H22N2. The van der Waals surface area contributed by atoms with Crippen molar-refractivity contribution in [3.63, 3.8) is 0 Å². The highest BCUT2D eigenvalue weighted by atomic mass is 14.9. The van der Waals surface area contributed by atoms with E-state index in [9.17, 15) is 0 Å². The highest BCUT2D eigenvalue weighted by molar-refractivity contribution is 5.27. The first-order valence-corrected chi connectivity index (χ1v) is 6.29. The maximum Gasteiger partial charge on any atom is 0.00787 e. The van der Waals surface area contributed by atoms with Gasteiger partial charge in [-0.25, -0.2) is 0 Å². The first-order valence-electron chi connectivity index (χ1n) is 6.29. The van der Waals surface area contributed by atoms with Crippen LogP contribution < -0.4 is 11.1 Å². The van der Waals surface area contributed by atoms with Gasteiger partial charge in [-0.05, 0) is 50.8 Å². The summed E-state index contributed by atoms with van der Waals surface area (Å²) in [7, 11) is 0. The van der Waals surface area contributed by atoms with E-state index in [1.807, 2.05) is 0 Å². The van der Waals surface area contributed by atoms with Gasteiger partial charge in [-0.3, -0.25) is 0 Å². The van der Waals surface area contributed by atoms with Crippen LogP contribution in [0.2, 0.25) is 0 Å². The summed E-state index contributed by atoms with van der Waals surface area (Å²) in [5, 5.41) is 3.55. The lowest BCUT2D eigenvalue weighted by molar-refractivity contribution is 0.291.